The summed E-state index contributed by atoms with van der Waals surface area (Å²) in [6.45, 7) is 21.1. The Morgan fingerprint density at radius 2 is 1.81 bits per heavy atom. The van der Waals surface area contributed by atoms with Crippen molar-refractivity contribution in [3.63, 3.8) is 0 Å². The van der Waals surface area contributed by atoms with Crippen LogP contribution in [0.3, 0.4) is 0 Å². The van der Waals surface area contributed by atoms with Gasteiger partial charge in [-0.2, -0.15) is 0 Å². The summed E-state index contributed by atoms with van der Waals surface area (Å²) >= 11 is 0. The Labute approximate surface area is 159 Å². The van der Waals surface area contributed by atoms with Gasteiger partial charge in [0.15, 0.2) is 0 Å². The molecule has 0 bridgehead atoms. The molecule has 0 radical (unpaired) electrons. The maximum Gasteiger partial charge on any atom is 0.0458 e. The van der Waals surface area contributed by atoms with Crippen LogP contribution < -0.4 is 0 Å². The molecule has 0 aliphatic rings. The van der Waals surface area contributed by atoms with E-state index >= 15 is 0 Å². The third-order valence-electron chi connectivity index (χ3n) is 5.23. The summed E-state index contributed by atoms with van der Waals surface area (Å²) in [5.41, 5.74) is 11.1. The second-order valence-electron chi connectivity index (χ2n) is 6.81. The van der Waals surface area contributed by atoms with Crippen molar-refractivity contribution >= 4 is 11.6 Å². The number of hydrogen-bond acceptors (Lipinski definition) is 0. The van der Waals surface area contributed by atoms with Gasteiger partial charge in [0.2, 0.25) is 0 Å². The van der Waals surface area contributed by atoms with Crippen molar-refractivity contribution in [1.82, 2.24) is 4.57 Å². The largest absolute Gasteiger partial charge is 0.318 e. The van der Waals surface area contributed by atoms with Gasteiger partial charge in [-0.1, -0.05) is 50.5 Å². The van der Waals surface area contributed by atoms with E-state index < -0.39 is 0 Å². The molecule has 1 aromatic carbocycles. The van der Waals surface area contributed by atoms with E-state index in [9.17, 15) is 0 Å². The number of rotatable bonds is 6. The minimum Gasteiger partial charge on any atom is -0.318 e. The van der Waals surface area contributed by atoms with E-state index in [2.05, 4.69) is 88.8 Å². The lowest BCUT2D eigenvalue weighted by atomic mass is 9.93. The van der Waals surface area contributed by atoms with Crippen molar-refractivity contribution in [3.8, 4) is 5.69 Å². The minimum absolute atomic E-state index is 0.947. The molecule has 2 rings (SSSR count). The zero-order chi connectivity index (χ0) is 19.4. The van der Waals surface area contributed by atoms with Crippen LogP contribution in [0.1, 0.15) is 53.9 Å². The monoisotopic (exact) mass is 345 g/mol. The Bertz CT molecular complexity index is 901. The van der Waals surface area contributed by atoms with E-state index in [-0.39, 0.29) is 0 Å². The molecule has 0 N–H and O–H groups in total. The van der Waals surface area contributed by atoms with Gasteiger partial charge in [-0.3, -0.25) is 0 Å². The second-order valence-corrected chi connectivity index (χ2v) is 6.81. The van der Waals surface area contributed by atoms with Gasteiger partial charge in [-0.15, -0.1) is 0 Å². The van der Waals surface area contributed by atoms with Crippen LogP contribution in [0.5, 0.6) is 0 Å². The fourth-order valence-corrected chi connectivity index (χ4v) is 3.56. The first-order valence-corrected chi connectivity index (χ1v) is 9.30. The lowest BCUT2D eigenvalue weighted by Crippen LogP contribution is -2.01. The van der Waals surface area contributed by atoms with Gasteiger partial charge in [0, 0.05) is 17.1 Å². The number of nitrogens with zero attached hydrogens (tertiary/aromatic N) is 1. The Morgan fingerprint density at radius 1 is 1.12 bits per heavy atom. The molecule has 1 heteroatoms. The highest BCUT2D eigenvalue weighted by molar-refractivity contribution is 5.81. The van der Waals surface area contributed by atoms with Crippen LogP contribution in [0.2, 0.25) is 0 Å². The highest BCUT2D eigenvalue weighted by Gasteiger charge is 2.15. The van der Waals surface area contributed by atoms with E-state index in [0.29, 0.717) is 0 Å². The third-order valence-corrected chi connectivity index (χ3v) is 5.23. The van der Waals surface area contributed by atoms with E-state index in [0.717, 1.165) is 12.0 Å². The van der Waals surface area contributed by atoms with Crippen LogP contribution in [0.15, 0.2) is 55.2 Å². The van der Waals surface area contributed by atoms with Gasteiger partial charge < -0.3 is 4.57 Å². The summed E-state index contributed by atoms with van der Waals surface area (Å²) < 4.78 is 2.33. The molecule has 136 valence electrons. The van der Waals surface area contributed by atoms with Crippen LogP contribution >= 0.6 is 0 Å². The summed E-state index contributed by atoms with van der Waals surface area (Å²) in [6.07, 6.45) is 9.21. The molecule has 0 aliphatic heterocycles. The quantitative estimate of drug-likeness (QED) is 0.485. The van der Waals surface area contributed by atoms with E-state index in [1.807, 2.05) is 13.0 Å². The molecule has 1 nitrogen and oxygen atoms in total. The maximum absolute atomic E-state index is 4.26. The fourth-order valence-electron chi connectivity index (χ4n) is 3.56. The minimum atomic E-state index is 0.947. The highest BCUT2D eigenvalue weighted by Crippen LogP contribution is 2.31. The summed E-state index contributed by atoms with van der Waals surface area (Å²) in [4.78, 5) is 0. The third kappa shape index (κ3) is 3.53. The molecule has 1 aromatic heterocycles. The van der Waals surface area contributed by atoms with E-state index in [1.54, 1.807) is 0 Å². The van der Waals surface area contributed by atoms with Crippen molar-refractivity contribution in [1.29, 1.82) is 0 Å². The normalized spacial score (nSPS) is 12.0. The van der Waals surface area contributed by atoms with Crippen molar-refractivity contribution in [2.75, 3.05) is 0 Å². The van der Waals surface area contributed by atoms with Gasteiger partial charge in [-0.05, 0) is 86.6 Å². The van der Waals surface area contributed by atoms with Crippen LogP contribution in [0, 0.1) is 27.7 Å². The molecule has 0 aliphatic carbocycles. The standard InChI is InChI=1S/C25H31N/c1-9-12-13-24(17(4)10-2)25-15-14-22(16-18(25)5)26-20(7)19(6)23(11-3)21(26)8/h9,11-16H,3-4,10H2,1-2,5-8H3. The molecular formula is C25H31N. The number of aromatic nitrogens is 1. The van der Waals surface area contributed by atoms with Crippen molar-refractivity contribution in [3.05, 3.63) is 88.8 Å². The summed E-state index contributed by atoms with van der Waals surface area (Å²) in [5.74, 6) is 0. The van der Waals surface area contributed by atoms with Crippen molar-refractivity contribution in [2.45, 2.75) is 48.0 Å². The van der Waals surface area contributed by atoms with Crippen molar-refractivity contribution < 1.29 is 0 Å². The second kappa shape index (κ2) is 8.23. The molecule has 0 saturated carbocycles. The van der Waals surface area contributed by atoms with Gasteiger partial charge in [0.05, 0.1) is 0 Å². The van der Waals surface area contributed by atoms with E-state index in [4.69, 9.17) is 0 Å². The summed E-state index contributed by atoms with van der Waals surface area (Å²) in [5, 5.41) is 0. The molecule has 26 heavy (non-hydrogen) atoms. The molecule has 2 aromatic rings. The number of aryl methyl sites for hydroxylation is 1. The lowest BCUT2D eigenvalue weighted by Gasteiger charge is -2.16. The summed E-state index contributed by atoms with van der Waals surface area (Å²) in [7, 11) is 0. The molecule has 0 fully saturated rings. The van der Waals surface area contributed by atoms with Crippen LogP contribution in [-0.2, 0) is 0 Å². The van der Waals surface area contributed by atoms with Gasteiger partial charge in [0.25, 0.3) is 0 Å². The first-order valence-electron chi connectivity index (χ1n) is 9.30. The first kappa shape index (κ1) is 19.8. The molecule has 1 heterocycles. The first-order chi connectivity index (χ1) is 12.4. The number of benzene rings is 1. The summed E-state index contributed by atoms with van der Waals surface area (Å²) in [6, 6.07) is 6.71. The SMILES string of the molecule is C=Cc1c(C)c(C)n(-c2ccc(C(=CC=CC)C(=C)CC)c(C)c2)c1C. The number of allylic oxidation sites excluding steroid dienone is 5. The molecular weight excluding hydrogens is 314 g/mol. The Balaban J connectivity index is 2.61. The topological polar surface area (TPSA) is 4.93 Å². The number of hydrogen-bond donors (Lipinski definition) is 0. The molecule has 0 atom stereocenters. The molecule has 0 saturated heterocycles. The van der Waals surface area contributed by atoms with Gasteiger partial charge in [-0.25, -0.2) is 0 Å². The predicted octanol–water partition coefficient (Wildman–Crippen LogP) is 7.28. The fraction of sp³-hybridized carbons (Fsp3) is 0.280. The van der Waals surface area contributed by atoms with Gasteiger partial charge >= 0.3 is 0 Å². The highest BCUT2D eigenvalue weighted by atomic mass is 15.0. The Hall–Kier alpha value is -2.54. The Morgan fingerprint density at radius 3 is 2.31 bits per heavy atom. The van der Waals surface area contributed by atoms with Gasteiger partial charge in [0.1, 0.15) is 0 Å². The predicted molar refractivity (Wildman–Crippen MR) is 117 cm³/mol. The molecule has 0 spiro atoms. The zero-order valence-corrected chi connectivity index (χ0v) is 17.1. The molecule has 0 unspecified atom stereocenters. The van der Waals surface area contributed by atoms with Crippen LogP contribution in [0.4, 0.5) is 0 Å². The van der Waals surface area contributed by atoms with Crippen LogP contribution in [-0.4, -0.2) is 4.57 Å². The molecule has 0 amide bonds. The van der Waals surface area contributed by atoms with Crippen LogP contribution in [0.25, 0.3) is 17.3 Å². The zero-order valence-electron chi connectivity index (χ0n) is 17.1. The lowest BCUT2D eigenvalue weighted by molar-refractivity contribution is 0.957. The smallest absolute Gasteiger partial charge is 0.0458 e. The van der Waals surface area contributed by atoms with E-state index in [1.165, 1.54) is 44.9 Å². The average molecular weight is 346 g/mol. The van der Waals surface area contributed by atoms with Crippen molar-refractivity contribution in [2.24, 2.45) is 0 Å². The maximum atomic E-state index is 4.26. The average Bonchev–Trinajstić information content (AvgIpc) is 2.84. The Kier molecular flexibility index (Phi) is 6.26.